The molecule has 1 aromatic carbocycles. The van der Waals surface area contributed by atoms with Crippen LogP contribution < -0.4 is 15.4 Å². The average Bonchev–Trinajstić information content (AvgIpc) is 2.82. The van der Waals surface area contributed by atoms with E-state index < -0.39 is 0 Å². The molecule has 130 valence electrons. The van der Waals surface area contributed by atoms with Crippen LogP contribution in [0.4, 0.5) is 0 Å². The smallest absolute Gasteiger partial charge is 0.191 e. The molecule has 6 nitrogen and oxygen atoms in total. The van der Waals surface area contributed by atoms with E-state index in [2.05, 4.69) is 34.6 Å². The fraction of sp³-hybridized carbons (Fsp3) is 0.444. The SMILES string of the molecule is CCNC(=NCc1c(C)nn(C)c1C)NCCOc1ccccc1. The average molecular weight is 329 g/mol. The summed E-state index contributed by atoms with van der Waals surface area (Å²) in [4.78, 5) is 4.65. The molecular formula is C18H27N5O. The fourth-order valence-electron chi connectivity index (χ4n) is 2.40. The summed E-state index contributed by atoms with van der Waals surface area (Å²) >= 11 is 0. The number of ether oxygens (including phenoxy) is 1. The van der Waals surface area contributed by atoms with Crippen LogP contribution in [0.25, 0.3) is 0 Å². The molecule has 6 heteroatoms. The molecule has 2 aromatic rings. The lowest BCUT2D eigenvalue weighted by molar-refractivity contribution is 0.322. The summed E-state index contributed by atoms with van der Waals surface area (Å²) in [5.41, 5.74) is 3.36. The number of aliphatic imine (C=N–C) groups is 1. The Hall–Kier alpha value is -2.50. The van der Waals surface area contributed by atoms with Crippen molar-refractivity contribution in [2.45, 2.75) is 27.3 Å². The Morgan fingerprint density at radius 3 is 2.58 bits per heavy atom. The van der Waals surface area contributed by atoms with Gasteiger partial charge in [0.05, 0.1) is 18.8 Å². The highest BCUT2D eigenvalue weighted by atomic mass is 16.5. The number of nitrogens with one attached hydrogen (secondary N) is 2. The van der Waals surface area contributed by atoms with E-state index >= 15 is 0 Å². The molecule has 0 saturated carbocycles. The van der Waals surface area contributed by atoms with Gasteiger partial charge in [0.15, 0.2) is 5.96 Å². The van der Waals surface area contributed by atoms with Crippen LogP contribution in [0.15, 0.2) is 35.3 Å². The maximum absolute atomic E-state index is 5.68. The van der Waals surface area contributed by atoms with Crippen LogP contribution >= 0.6 is 0 Å². The summed E-state index contributed by atoms with van der Waals surface area (Å²) < 4.78 is 7.58. The first-order valence-corrected chi connectivity index (χ1v) is 8.31. The van der Waals surface area contributed by atoms with Crippen LogP contribution in [-0.4, -0.2) is 35.4 Å². The van der Waals surface area contributed by atoms with Gasteiger partial charge in [0.1, 0.15) is 12.4 Å². The summed E-state index contributed by atoms with van der Waals surface area (Å²) in [5, 5.41) is 11.0. The van der Waals surface area contributed by atoms with E-state index in [4.69, 9.17) is 4.74 Å². The first-order valence-electron chi connectivity index (χ1n) is 8.31. The van der Waals surface area contributed by atoms with Crippen molar-refractivity contribution >= 4 is 5.96 Å². The van der Waals surface area contributed by atoms with E-state index in [1.807, 2.05) is 49.0 Å². The second-order valence-corrected chi connectivity index (χ2v) is 5.56. The standard InChI is InChI=1S/C18H27N5O/c1-5-19-18(20-11-12-24-16-9-7-6-8-10-16)21-13-17-14(2)22-23(4)15(17)3/h6-10H,5,11-13H2,1-4H3,(H2,19,20,21). The van der Waals surface area contributed by atoms with Gasteiger partial charge in [-0.05, 0) is 32.9 Å². The molecule has 2 N–H and O–H groups in total. The second kappa shape index (κ2) is 8.96. The molecular weight excluding hydrogens is 302 g/mol. The minimum atomic E-state index is 0.583. The van der Waals surface area contributed by atoms with Gasteiger partial charge in [0.25, 0.3) is 0 Å². The highest BCUT2D eigenvalue weighted by Crippen LogP contribution is 2.12. The van der Waals surface area contributed by atoms with Crippen molar-refractivity contribution in [1.29, 1.82) is 0 Å². The predicted octanol–water partition coefficient (Wildman–Crippen LogP) is 2.17. The first kappa shape index (κ1) is 17.8. The third-order valence-corrected chi connectivity index (χ3v) is 3.80. The number of para-hydroxylation sites is 1. The minimum Gasteiger partial charge on any atom is -0.492 e. The van der Waals surface area contributed by atoms with E-state index in [-0.39, 0.29) is 0 Å². The Bertz CT molecular complexity index is 664. The molecule has 0 aliphatic carbocycles. The zero-order chi connectivity index (χ0) is 17.4. The number of hydrogen-bond acceptors (Lipinski definition) is 3. The largest absolute Gasteiger partial charge is 0.492 e. The van der Waals surface area contributed by atoms with Crippen LogP contribution in [0.1, 0.15) is 23.9 Å². The Balaban J connectivity index is 1.86. The highest BCUT2D eigenvalue weighted by molar-refractivity contribution is 5.79. The van der Waals surface area contributed by atoms with Crippen molar-refractivity contribution in [2.75, 3.05) is 19.7 Å². The van der Waals surface area contributed by atoms with Crippen LogP contribution in [0, 0.1) is 13.8 Å². The van der Waals surface area contributed by atoms with Crippen LogP contribution in [0.3, 0.4) is 0 Å². The van der Waals surface area contributed by atoms with Crippen LogP contribution in [0.5, 0.6) is 5.75 Å². The topological polar surface area (TPSA) is 63.5 Å². The van der Waals surface area contributed by atoms with E-state index in [1.54, 1.807) is 0 Å². The summed E-state index contributed by atoms with van der Waals surface area (Å²) in [6.07, 6.45) is 0. The van der Waals surface area contributed by atoms with Gasteiger partial charge in [-0.15, -0.1) is 0 Å². The predicted molar refractivity (Wildman–Crippen MR) is 97.4 cm³/mol. The molecule has 0 saturated heterocycles. The fourth-order valence-corrected chi connectivity index (χ4v) is 2.40. The van der Waals surface area contributed by atoms with Gasteiger partial charge in [-0.3, -0.25) is 4.68 Å². The normalized spacial score (nSPS) is 11.4. The molecule has 0 bridgehead atoms. The molecule has 1 heterocycles. The first-order chi connectivity index (χ1) is 11.6. The number of rotatable bonds is 7. The zero-order valence-corrected chi connectivity index (χ0v) is 15.0. The number of aryl methyl sites for hydroxylation is 2. The Kier molecular flexibility index (Phi) is 6.66. The molecule has 0 unspecified atom stereocenters. The van der Waals surface area contributed by atoms with Gasteiger partial charge < -0.3 is 15.4 Å². The van der Waals surface area contributed by atoms with Gasteiger partial charge in [-0.1, -0.05) is 18.2 Å². The molecule has 1 aromatic heterocycles. The van der Waals surface area contributed by atoms with E-state index in [9.17, 15) is 0 Å². The second-order valence-electron chi connectivity index (χ2n) is 5.56. The maximum Gasteiger partial charge on any atom is 0.191 e. The Morgan fingerprint density at radius 2 is 1.96 bits per heavy atom. The van der Waals surface area contributed by atoms with Crippen molar-refractivity contribution in [3.63, 3.8) is 0 Å². The van der Waals surface area contributed by atoms with Crippen molar-refractivity contribution in [3.8, 4) is 5.75 Å². The zero-order valence-electron chi connectivity index (χ0n) is 15.0. The van der Waals surface area contributed by atoms with Gasteiger partial charge in [0.2, 0.25) is 0 Å². The van der Waals surface area contributed by atoms with Crippen LogP contribution in [-0.2, 0) is 13.6 Å². The third kappa shape index (κ3) is 5.01. The van der Waals surface area contributed by atoms with Crippen LogP contribution in [0.2, 0.25) is 0 Å². The summed E-state index contributed by atoms with van der Waals surface area (Å²) in [5.74, 6) is 1.67. The van der Waals surface area contributed by atoms with E-state index in [0.29, 0.717) is 19.7 Å². The molecule has 0 aliphatic heterocycles. The molecule has 0 fully saturated rings. The highest BCUT2D eigenvalue weighted by Gasteiger charge is 2.08. The van der Waals surface area contributed by atoms with Gasteiger partial charge in [-0.2, -0.15) is 5.10 Å². The van der Waals surface area contributed by atoms with E-state index in [0.717, 1.165) is 29.6 Å². The van der Waals surface area contributed by atoms with Gasteiger partial charge >= 0.3 is 0 Å². The number of benzene rings is 1. The quantitative estimate of drug-likeness (QED) is 0.464. The Morgan fingerprint density at radius 1 is 1.21 bits per heavy atom. The van der Waals surface area contributed by atoms with Crippen molar-refractivity contribution < 1.29 is 4.74 Å². The van der Waals surface area contributed by atoms with Gasteiger partial charge in [-0.25, -0.2) is 4.99 Å². The molecule has 0 radical (unpaired) electrons. The number of guanidine groups is 1. The molecule has 0 amide bonds. The summed E-state index contributed by atoms with van der Waals surface area (Å²) in [6, 6.07) is 9.81. The molecule has 0 spiro atoms. The summed E-state index contributed by atoms with van der Waals surface area (Å²) in [6.45, 7) is 8.84. The monoisotopic (exact) mass is 329 g/mol. The maximum atomic E-state index is 5.68. The molecule has 24 heavy (non-hydrogen) atoms. The van der Waals surface area contributed by atoms with E-state index in [1.165, 1.54) is 5.56 Å². The number of nitrogens with zero attached hydrogens (tertiary/aromatic N) is 3. The molecule has 0 aliphatic rings. The lowest BCUT2D eigenvalue weighted by Crippen LogP contribution is -2.39. The van der Waals surface area contributed by atoms with Crippen molar-refractivity contribution in [3.05, 3.63) is 47.3 Å². The number of hydrogen-bond donors (Lipinski definition) is 2. The summed E-state index contributed by atoms with van der Waals surface area (Å²) in [7, 11) is 1.96. The third-order valence-electron chi connectivity index (χ3n) is 3.80. The molecule has 0 atom stereocenters. The lowest BCUT2D eigenvalue weighted by atomic mass is 10.2. The Labute approximate surface area is 143 Å². The van der Waals surface area contributed by atoms with Crippen molar-refractivity contribution in [1.82, 2.24) is 20.4 Å². The number of aromatic nitrogens is 2. The minimum absolute atomic E-state index is 0.583. The lowest BCUT2D eigenvalue weighted by Gasteiger charge is -2.12. The molecule has 2 rings (SSSR count). The van der Waals surface area contributed by atoms with Gasteiger partial charge in [0, 0.05) is 24.8 Å². The van der Waals surface area contributed by atoms with Crippen molar-refractivity contribution in [2.24, 2.45) is 12.0 Å².